The lowest BCUT2D eigenvalue weighted by Gasteiger charge is -2.23. The van der Waals surface area contributed by atoms with Crippen LogP contribution in [0.15, 0.2) is 0 Å². The van der Waals surface area contributed by atoms with E-state index in [4.69, 9.17) is 4.74 Å². The van der Waals surface area contributed by atoms with Gasteiger partial charge in [0.05, 0.1) is 7.11 Å². The van der Waals surface area contributed by atoms with Gasteiger partial charge >= 0.3 is 5.97 Å². The first-order valence-corrected chi connectivity index (χ1v) is 7.79. The van der Waals surface area contributed by atoms with Crippen molar-refractivity contribution in [1.82, 2.24) is 15.1 Å². The Hall–Kier alpha value is -0.650. The molecular weight excluding hydrogens is 254 g/mol. The van der Waals surface area contributed by atoms with Gasteiger partial charge in [0, 0.05) is 19.1 Å². The largest absolute Gasteiger partial charge is 0.468 e. The molecule has 2 aliphatic rings. The highest BCUT2D eigenvalue weighted by Crippen LogP contribution is 2.20. The number of ether oxygens (including phenoxy) is 1. The second kappa shape index (κ2) is 7.38. The van der Waals surface area contributed by atoms with Gasteiger partial charge in [-0.1, -0.05) is 0 Å². The van der Waals surface area contributed by atoms with E-state index >= 15 is 0 Å². The zero-order valence-electron chi connectivity index (χ0n) is 13.1. The van der Waals surface area contributed by atoms with Crippen LogP contribution in [0.4, 0.5) is 0 Å². The minimum atomic E-state index is -0.138. The maximum Gasteiger partial charge on any atom is 0.322 e. The second-order valence-electron chi connectivity index (χ2n) is 6.48. The Morgan fingerprint density at radius 2 is 2.20 bits per heavy atom. The van der Waals surface area contributed by atoms with Gasteiger partial charge in [-0.2, -0.15) is 0 Å². The van der Waals surface area contributed by atoms with E-state index in [2.05, 4.69) is 29.2 Å². The summed E-state index contributed by atoms with van der Waals surface area (Å²) in [5.41, 5.74) is 0. The summed E-state index contributed by atoms with van der Waals surface area (Å²) >= 11 is 0. The average molecular weight is 283 g/mol. The summed E-state index contributed by atoms with van der Waals surface area (Å²) in [6.45, 7) is 4.49. The number of likely N-dealkylation sites (tertiary alicyclic amines) is 1. The van der Waals surface area contributed by atoms with Crippen molar-refractivity contribution in [1.29, 1.82) is 0 Å². The van der Waals surface area contributed by atoms with E-state index in [1.54, 1.807) is 0 Å². The van der Waals surface area contributed by atoms with Crippen LogP contribution >= 0.6 is 0 Å². The van der Waals surface area contributed by atoms with Crippen LogP contribution in [0.1, 0.15) is 25.7 Å². The van der Waals surface area contributed by atoms with Crippen molar-refractivity contribution in [2.45, 2.75) is 37.8 Å². The number of rotatable bonds is 8. The number of carbonyl (C=O) groups is 1. The SMILES string of the molecule is COC(=O)C(CCN(C)CC1CCN(C)C1)NC1CC1. The lowest BCUT2D eigenvalue weighted by Crippen LogP contribution is -2.41. The number of hydrogen-bond donors (Lipinski definition) is 1. The Labute approximate surface area is 122 Å². The molecule has 0 spiro atoms. The van der Waals surface area contributed by atoms with Crippen LogP contribution in [-0.4, -0.2) is 75.2 Å². The summed E-state index contributed by atoms with van der Waals surface area (Å²) in [7, 11) is 5.82. The van der Waals surface area contributed by atoms with E-state index in [-0.39, 0.29) is 12.0 Å². The van der Waals surface area contributed by atoms with Gasteiger partial charge in [0.2, 0.25) is 0 Å². The molecule has 2 unspecified atom stereocenters. The van der Waals surface area contributed by atoms with Crippen LogP contribution < -0.4 is 5.32 Å². The molecule has 0 aromatic rings. The molecule has 1 N–H and O–H groups in total. The predicted octanol–water partition coefficient (Wildman–Crippen LogP) is 0.554. The van der Waals surface area contributed by atoms with Gasteiger partial charge < -0.3 is 19.9 Å². The van der Waals surface area contributed by atoms with Gasteiger partial charge in [-0.25, -0.2) is 0 Å². The highest BCUT2D eigenvalue weighted by atomic mass is 16.5. The van der Waals surface area contributed by atoms with Gasteiger partial charge in [-0.05, 0) is 58.8 Å². The first kappa shape index (κ1) is 15.7. The van der Waals surface area contributed by atoms with E-state index in [1.807, 2.05) is 0 Å². The minimum Gasteiger partial charge on any atom is -0.468 e. The van der Waals surface area contributed by atoms with Crippen molar-refractivity contribution >= 4 is 5.97 Å². The first-order valence-electron chi connectivity index (χ1n) is 7.79. The van der Waals surface area contributed by atoms with Crippen molar-refractivity contribution in [2.75, 3.05) is 47.4 Å². The molecule has 1 aliphatic heterocycles. The zero-order chi connectivity index (χ0) is 14.5. The normalized spacial score (nSPS) is 25.1. The summed E-state index contributed by atoms with van der Waals surface area (Å²) in [6.07, 6.45) is 4.51. The predicted molar refractivity (Wildman–Crippen MR) is 79.7 cm³/mol. The summed E-state index contributed by atoms with van der Waals surface area (Å²) in [6, 6.07) is 0.397. The molecule has 5 nitrogen and oxygen atoms in total. The fourth-order valence-corrected chi connectivity index (χ4v) is 3.00. The molecule has 0 amide bonds. The molecule has 2 fully saturated rings. The summed E-state index contributed by atoms with van der Waals surface area (Å²) in [5.74, 6) is 0.656. The average Bonchev–Trinajstić information content (AvgIpc) is 3.16. The molecule has 0 radical (unpaired) electrons. The smallest absolute Gasteiger partial charge is 0.322 e. The molecule has 1 saturated carbocycles. The van der Waals surface area contributed by atoms with Crippen LogP contribution in [0.25, 0.3) is 0 Å². The molecule has 0 aromatic heterocycles. The van der Waals surface area contributed by atoms with E-state index in [9.17, 15) is 4.79 Å². The molecule has 0 bridgehead atoms. The monoisotopic (exact) mass is 283 g/mol. The highest BCUT2D eigenvalue weighted by Gasteiger charge is 2.29. The Balaban J connectivity index is 1.69. The van der Waals surface area contributed by atoms with Gasteiger partial charge in [-0.3, -0.25) is 4.79 Å². The third-order valence-electron chi connectivity index (χ3n) is 4.36. The fourth-order valence-electron chi connectivity index (χ4n) is 3.00. The molecule has 2 rings (SSSR count). The number of methoxy groups -OCH3 is 1. The number of carbonyl (C=O) groups excluding carboxylic acids is 1. The molecule has 5 heteroatoms. The van der Waals surface area contributed by atoms with Gasteiger partial charge in [-0.15, -0.1) is 0 Å². The maximum atomic E-state index is 11.8. The Morgan fingerprint density at radius 1 is 1.45 bits per heavy atom. The minimum absolute atomic E-state index is 0.120. The summed E-state index contributed by atoms with van der Waals surface area (Å²) in [5, 5.41) is 3.39. The molecule has 0 aromatic carbocycles. The quantitative estimate of drug-likeness (QED) is 0.659. The lowest BCUT2D eigenvalue weighted by molar-refractivity contribution is -0.143. The van der Waals surface area contributed by atoms with Crippen molar-refractivity contribution < 1.29 is 9.53 Å². The van der Waals surface area contributed by atoms with Crippen LogP contribution in [0.5, 0.6) is 0 Å². The topological polar surface area (TPSA) is 44.8 Å². The van der Waals surface area contributed by atoms with Crippen LogP contribution in [0.2, 0.25) is 0 Å². The van der Waals surface area contributed by atoms with E-state index in [0.29, 0.717) is 6.04 Å². The van der Waals surface area contributed by atoms with E-state index in [1.165, 1.54) is 39.5 Å². The van der Waals surface area contributed by atoms with Crippen molar-refractivity contribution in [3.63, 3.8) is 0 Å². The third-order valence-corrected chi connectivity index (χ3v) is 4.36. The van der Waals surface area contributed by atoms with Gasteiger partial charge in [0.25, 0.3) is 0 Å². The number of nitrogens with one attached hydrogen (secondary N) is 1. The molecular formula is C15H29N3O2. The van der Waals surface area contributed by atoms with Crippen molar-refractivity contribution in [3.05, 3.63) is 0 Å². The van der Waals surface area contributed by atoms with Crippen molar-refractivity contribution in [2.24, 2.45) is 5.92 Å². The van der Waals surface area contributed by atoms with Crippen LogP contribution in [0, 0.1) is 5.92 Å². The summed E-state index contributed by atoms with van der Waals surface area (Å²) < 4.78 is 4.89. The molecule has 116 valence electrons. The van der Waals surface area contributed by atoms with E-state index in [0.717, 1.165) is 25.4 Å². The first-order chi connectivity index (χ1) is 9.58. The Morgan fingerprint density at radius 3 is 2.75 bits per heavy atom. The number of nitrogens with zero attached hydrogens (tertiary/aromatic N) is 2. The second-order valence-corrected chi connectivity index (χ2v) is 6.48. The van der Waals surface area contributed by atoms with Crippen LogP contribution in [-0.2, 0) is 9.53 Å². The van der Waals surface area contributed by atoms with Crippen LogP contribution in [0.3, 0.4) is 0 Å². The highest BCUT2D eigenvalue weighted by molar-refractivity contribution is 5.75. The Bertz CT molecular complexity index is 320. The van der Waals surface area contributed by atoms with Gasteiger partial charge in [0.15, 0.2) is 0 Å². The standard InChI is InChI=1S/C15H29N3O2/c1-17-8-6-12(10-17)11-18(2)9-7-14(15(19)20-3)16-13-4-5-13/h12-14,16H,4-11H2,1-3H3. The van der Waals surface area contributed by atoms with Gasteiger partial charge in [0.1, 0.15) is 6.04 Å². The number of hydrogen-bond acceptors (Lipinski definition) is 5. The molecule has 2 atom stereocenters. The fraction of sp³-hybridized carbons (Fsp3) is 0.933. The zero-order valence-corrected chi connectivity index (χ0v) is 13.1. The summed E-state index contributed by atoms with van der Waals surface area (Å²) in [4.78, 5) is 16.5. The molecule has 1 heterocycles. The maximum absolute atomic E-state index is 11.8. The molecule has 1 saturated heterocycles. The Kier molecular flexibility index (Phi) is 5.81. The lowest BCUT2D eigenvalue weighted by atomic mass is 10.1. The molecule has 1 aliphatic carbocycles. The molecule has 20 heavy (non-hydrogen) atoms. The number of esters is 1. The third kappa shape index (κ3) is 5.04. The van der Waals surface area contributed by atoms with E-state index < -0.39 is 0 Å². The van der Waals surface area contributed by atoms with Crippen molar-refractivity contribution in [3.8, 4) is 0 Å².